The Morgan fingerprint density at radius 3 is 2.37 bits per heavy atom. The zero-order chi connectivity index (χ0) is 20.2. The molecule has 0 aliphatic carbocycles. The molecule has 27 heavy (non-hydrogen) atoms. The van der Waals surface area contributed by atoms with Crippen LogP contribution in [0.2, 0.25) is 0 Å². The van der Waals surface area contributed by atoms with Crippen molar-refractivity contribution in [2.75, 3.05) is 0 Å². The highest BCUT2D eigenvalue weighted by Crippen LogP contribution is 2.08. The van der Waals surface area contributed by atoms with Gasteiger partial charge in [-0.05, 0) is 24.3 Å². The van der Waals surface area contributed by atoms with Crippen molar-refractivity contribution in [2.24, 2.45) is 11.7 Å². The summed E-state index contributed by atoms with van der Waals surface area (Å²) in [7, 11) is 0. The van der Waals surface area contributed by atoms with Gasteiger partial charge in [-0.25, -0.2) is 4.79 Å². The lowest BCUT2D eigenvalue weighted by molar-refractivity contribution is -0.128. The standard InChI is InChI=1S/C19H26N4O4/c1-13(2)11-16(18(25)22-15(17(21)24)9-6-10-20)23-19(26)27-12-14-7-4-3-5-8-14/h3-5,7-8,13,15-16H,6,9,11-12H2,1-2H3,(H2,21,24)(H,22,25)(H,23,26)/t15-,16+/m1/s1. The molecule has 0 fully saturated rings. The second kappa shape index (κ2) is 11.5. The average molecular weight is 374 g/mol. The summed E-state index contributed by atoms with van der Waals surface area (Å²) in [5.74, 6) is -1.16. The smallest absolute Gasteiger partial charge is 0.408 e. The molecule has 0 aliphatic heterocycles. The first kappa shape index (κ1) is 22.0. The highest BCUT2D eigenvalue weighted by atomic mass is 16.5. The van der Waals surface area contributed by atoms with Crippen molar-refractivity contribution < 1.29 is 19.1 Å². The van der Waals surface area contributed by atoms with Crippen molar-refractivity contribution in [1.29, 1.82) is 5.26 Å². The number of ether oxygens (including phenoxy) is 1. The molecule has 4 N–H and O–H groups in total. The number of carbonyl (C=O) groups is 3. The van der Waals surface area contributed by atoms with Crippen LogP contribution in [0.1, 0.15) is 38.7 Å². The summed E-state index contributed by atoms with van der Waals surface area (Å²) in [4.78, 5) is 36.0. The molecule has 8 heteroatoms. The molecule has 1 aromatic rings. The Bertz CT molecular complexity index is 670. The zero-order valence-corrected chi connectivity index (χ0v) is 15.6. The highest BCUT2D eigenvalue weighted by Gasteiger charge is 2.26. The van der Waals surface area contributed by atoms with Crippen molar-refractivity contribution in [2.45, 2.75) is 51.8 Å². The lowest BCUT2D eigenvalue weighted by Gasteiger charge is -2.22. The number of nitrogens with one attached hydrogen (secondary N) is 2. The number of nitriles is 1. The second-order valence-electron chi connectivity index (χ2n) is 6.55. The first-order chi connectivity index (χ1) is 12.8. The van der Waals surface area contributed by atoms with Gasteiger partial charge in [0.15, 0.2) is 0 Å². The number of alkyl carbamates (subject to hydrolysis) is 1. The molecule has 8 nitrogen and oxygen atoms in total. The Balaban J connectivity index is 2.67. The zero-order valence-electron chi connectivity index (χ0n) is 15.6. The predicted molar refractivity (Wildman–Crippen MR) is 99.0 cm³/mol. The fraction of sp³-hybridized carbons (Fsp3) is 0.474. The van der Waals surface area contributed by atoms with E-state index in [1.54, 1.807) is 0 Å². The first-order valence-electron chi connectivity index (χ1n) is 8.77. The maximum Gasteiger partial charge on any atom is 0.408 e. The highest BCUT2D eigenvalue weighted by molar-refractivity contribution is 5.90. The van der Waals surface area contributed by atoms with Gasteiger partial charge in [0.1, 0.15) is 18.7 Å². The SMILES string of the molecule is CC(C)C[C@H](NC(=O)OCc1ccccc1)C(=O)N[C@H](CCC#N)C(N)=O. The molecule has 0 radical (unpaired) electrons. The Labute approximate surface area is 159 Å². The third-order valence-electron chi connectivity index (χ3n) is 3.73. The fourth-order valence-corrected chi connectivity index (χ4v) is 2.38. The summed E-state index contributed by atoms with van der Waals surface area (Å²) in [6, 6.07) is 9.21. The van der Waals surface area contributed by atoms with Gasteiger partial charge in [-0.3, -0.25) is 9.59 Å². The molecular formula is C19H26N4O4. The van der Waals surface area contributed by atoms with Gasteiger partial charge in [-0.15, -0.1) is 0 Å². The van der Waals surface area contributed by atoms with E-state index in [1.165, 1.54) is 0 Å². The minimum Gasteiger partial charge on any atom is -0.445 e. The van der Waals surface area contributed by atoms with Crippen molar-refractivity contribution in [3.63, 3.8) is 0 Å². The van der Waals surface area contributed by atoms with Gasteiger partial charge in [0.25, 0.3) is 0 Å². The molecule has 146 valence electrons. The number of hydrogen-bond donors (Lipinski definition) is 3. The number of nitrogens with zero attached hydrogens (tertiary/aromatic N) is 1. The maximum absolute atomic E-state index is 12.5. The van der Waals surface area contributed by atoms with Crippen LogP contribution in [-0.4, -0.2) is 30.0 Å². The second-order valence-corrected chi connectivity index (χ2v) is 6.55. The third-order valence-corrected chi connectivity index (χ3v) is 3.73. The quantitative estimate of drug-likeness (QED) is 0.572. The van der Waals surface area contributed by atoms with Crippen LogP contribution in [0.4, 0.5) is 4.79 Å². The summed E-state index contributed by atoms with van der Waals surface area (Å²) in [6.45, 7) is 3.88. The van der Waals surface area contributed by atoms with Crippen molar-refractivity contribution in [3.05, 3.63) is 35.9 Å². The van der Waals surface area contributed by atoms with E-state index < -0.39 is 30.0 Å². The van der Waals surface area contributed by atoms with Gasteiger partial charge in [-0.2, -0.15) is 5.26 Å². The molecular weight excluding hydrogens is 348 g/mol. The number of rotatable bonds is 10. The number of carbonyl (C=O) groups excluding carboxylic acids is 3. The van der Waals surface area contributed by atoms with Gasteiger partial charge in [0.05, 0.1) is 6.07 Å². The van der Waals surface area contributed by atoms with E-state index in [-0.39, 0.29) is 25.4 Å². The topological polar surface area (TPSA) is 134 Å². The van der Waals surface area contributed by atoms with Crippen molar-refractivity contribution in [1.82, 2.24) is 10.6 Å². The Morgan fingerprint density at radius 1 is 1.15 bits per heavy atom. The number of amides is 3. The van der Waals surface area contributed by atoms with Gasteiger partial charge >= 0.3 is 6.09 Å². The molecule has 3 amide bonds. The van der Waals surface area contributed by atoms with Gasteiger partial charge in [0, 0.05) is 6.42 Å². The van der Waals surface area contributed by atoms with E-state index >= 15 is 0 Å². The molecule has 0 unspecified atom stereocenters. The summed E-state index contributed by atoms with van der Waals surface area (Å²) in [6.07, 6.45) is -0.178. The largest absolute Gasteiger partial charge is 0.445 e. The van der Waals surface area contributed by atoms with Gasteiger partial charge in [0.2, 0.25) is 11.8 Å². The van der Waals surface area contributed by atoms with Crippen LogP contribution in [0.3, 0.4) is 0 Å². The maximum atomic E-state index is 12.5. The molecule has 0 spiro atoms. The number of primary amides is 1. The Hall–Kier alpha value is -3.08. The third kappa shape index (κ3) is 8.72. The molecule has 0 aliphatic rings. The average Bonchev–Trinajstić information content (AvgIpc) is 2.63. The minimum absolute atomic E-state index is 0.0781. The van der Waals surface area contributed by atoms with Crippen LogP contribution in [0, 0.1) is 17.2 Å². The van der Waals surface area contributed by atoms with Crippen molar-refractivity contribution >= 4 is 17.9 Å². The predicted octanol–water partition coefficient (Wildman–Crippen LogP) is 1.60. The van der Waals surface area contributed by atoms with Crippen LogP contribution in [0.25, 0.3) is 0 Å². The van der Waals surface area contributed by atoms with E-state index in [2.05, 4.69) is 10.6 Å². The van der Waals surface area contributed by atoms with Gasteiger partial charge < -0.3 is 21.1 Å². The van der Waals surface area contributed by atoms with Crippen LogP contribution in [0.5, 0.6) is 0 Å². The van der Waals surface area contributed by atoms with E-state index in [0.717, 1.165) is 5.56 Å². The molecule has 0 saturated heterocycles. The van der Waals surface area contributed by atoms with E-state index in [4.69, 9.17) is 15.7 Å². The molecule has 0 saturated carbocycles. The Morgan fingerprint density at radius 2 is 1.81 bits per heavy atom. The summed E-state index contributed by atoms with van der Waals surface area (Å²) in [5, 5.41) is 13.7. The number of nitrogens with two attached hydrogens (primary N) is 1. The number of benzene rings is 1. The minimum atomic E-state index is -0.964. The lowest BCUT2D eigenvalue weighted by Crippen LogP contribution is -2.53. The monoisotopic (exact) mass is 374 g/mol. The van der Waals surface area contributed by atoms with Crippen LogP contribution in [0.15, 0.2) is 30.3 Å². The normalized spacial score (nSPS) is 12.5. The Kier molecular flexibility index (Phi) is 9.37. The summed E-state index contributed by atoms with van der Waals surface area (Å²) < 4.78 is 5.14. The molecule has 0 bridgehead atoms. The van der Waals surface area contributed by atoms with E-state index in [9.17, 15) is 14.4 Å². The van der Waals surface area contributed by atoms with Crippen LogP contribution >= 0.6 is 0 Å². The molecule has 2 atom stereocenters. The first-order valence-corrected chi connectivity index (χ1v) is 8.77. The van der Waals surface area contributed by atoms with Gasteiger partial charge in [-0.1, -0.05) is 44.2 Å². The van der Waals surface area contributed by atoms with E-state index in [0.29, 0.717) is 6.42 Å². The lowest BCUT2D eigenvalue weighted by atomic mass is 10.0. The summed E-state index contributed by atoms with van der Waals surface area (Å²) in [5.41, 5.74) is 6.09. The van der Waals surface area contributed by atoms with Crippen LogP contribution in [-0.2, 0) is 20.9 Å². The molecule has 0 aromatic heterocycles. The fourth-order valence-electron chi connectivity index (χ4n) is 2.38. The molecule has 1 rings (SSSR count). The van der Waals surface area contributed by atoms with Crippen LogP contribution < -0.4 is 16.4 Å². The van der Waals surface area contributed by atoms with Crippen molar-refractivity contribution in [3.8, 4) is 6.07 Å². The number of hydrogen-bond acceptors (Lipinski definition) is 5. The summed E-state index contributed by atoms with van der Waals surface area (Å²) >= 11 is 0. The van der Waals surface area contributed by atoms with E-state index in [1.807, 2.05) is 50.2 Å². The molecule has 0 heterocycles. The molecule has 1 aromatic carbocycles.